The average Bonchev–Trinajstić information content (AvgIpc) is 2.76. The number of rotatable bonds is 4. The van der Waals surface area contributed by atoms with E-state index in [2.05, 4.69) is 37.2 Å². The molecule has 5 nitrogen and oxygen atoms in total. The molecule has 0 saturated heterocycles. The Kier molecular flexibility index (Phi) is 7.49. The summed E-state index contributed by atoms with van der Waals surface area (Å²) in [4.78, 5) is 14.0. The second-order valence-corrected chi connectivity index (χ2v) is 3.53. The van der Waals surface area contributed by atoms with Gasteiger partial charge in [0.25, 0.3) is 0 Å². The molecule has 16 heavy (non-hydrogen) atoms. The van der Waals surface area contributed by atoms with Gasteiger partial charge in [-0.1, -0.05) is 6.58 Å². The maximum absolute atomic E-state index is 9.76. The number of thiol groups is 1. The lowest BCUT2D eigenvalue weighted by atomic mass is 10.4. The van der Waals surface area contributed by atoms with Crippen molar-refractivity contribution in [3.63, 3.8) is 0 Å². The lowest BCUT2D eigenvalue weighted by Gasteiger charge is -2.15. The molecule has 0 radical (unpaired) electrons. The highest BCUT2D eigenvalue weighted by atomic mass is 32.1. The fourth-order valence-electron chi connectivity index (χ4n) is 0.886. The van der Waals surface area contributed by atoms with Gasteiger partial charge in [-0.05, 0) is 13.1 Å². The number of carboxylic acids is 1. The number of carbonyl (C=O) groups is 1. The van der Waals surface area contributed by atoms with Crippen molar-refractivity contribution in [2.45, 2.75) is 13.0 Å². The second kappa shape index (κ2) is 8.06. The highest BCUT2D eigenvalue weighted by Crippen LogP contribution is 2.04. The minimum atomic E-state index is -1.00. The molecule has 0 fully saturated rings. The Labute approximate surface area is 102 Å². The van der Waals surface area contributed by atoms with Crippen molar-refractivity contribution in [3.8, 4) is 0 Å². The van der Waals surface area contributed by atoms with E-state index in [-0.39, 0.29) is 5.75 Å². The van der Waals surface area contributed by atoms with Crippen LogP contribution in [0, 0.1) is 0 Å². The van der Waals surface area contributed by atoms with Gasteiger partial charge in [0, 0.05) is 24.7 Å². The fourth-order valence-corrected chi connectivity index (χ4v) is 1.04. The number of nitrogens with zero attached hydrogens (tertiary/aromatic N) is 2. The summed E-state index contributed by atoms with van der Waals surface area (Å²) >= 11 is 3.65. The molecule has 92 valence electrons. The van der Waals surface area contributed by atoms with Gasteiger partial charge >= 0.3 is 5.97 Å². The topological polar surface area (TPSA) is 69.8 Å². The van der Waals surface area contributed by atoms with E-state index in [0.717, 1.165) is 13.2 Å². The molecular weight excluding hydrogens is 226 g/mol. The number of hydrogen-bond donors (Lipinski definition) is 3. The Morgan fingerprint density at radius 2 is 2.38 bits per heavy atom. The zero-order chi connectivity index (χ0) is 12.6. The molecule has 1 aliphatic heterocycles. The molecule has 6 heteroatoms. The summed E-state index contributed by atoms with van der Waals surface area (Å²) in [6.07, 6.45) is 5.92. The maximum atomic E-state index is 9.76. The third kappa shape index (κ3) is 5.67. The molecule has 1 heterocycles. The van der Waals surface area contributed by atoms with E-state index in [1.165, 1.54) is 0 Å². The van der Waals surface area contributed by atoms with Gasteiger partial charge in [-0.15, -0.1) is 0 Å². The summed E-state index contributed by atoms with van der Waals surface area (Å²) in [5, 5.41) is 8.01. The van der Waals surface area contributed by atoms with Gasteiger partial charge in [-0.2, -0.15) is 12.6 Å². The van der Waals surface area contributed by atoms with Crippen molar-refractivity contribution < 1.29 is 9.90 Å². The zero-order valence-electron chi connectivity index (χ0n) is 9.41. The summed E-state index contributed by atoms with van der Waals surface area (Å²) in [6.45, 7) is 7.82. The number of carboxylic acid groups (broad SMARTS) is 1. The molecule has 0 aromatic carbocycles. The Bertz CT molecular complexity index is 258. The van der Waals surface area contributed by atoms with Crippen LogP contribution < -0.4 is 5.73 Å². The van der Waals surface area contributed by atoms with E-state index in [9.17, 15) is 4.79 Å². The fraction of sp³-hybridized carbons (Fsp3) is 0.500. The molecule has 0 aromatic rings. The minimum absolute atomic E-state index is 0.190. The van der Waals surface area contributed by atoms with Gasteiger partial charge in [-0.25, -0.2) is 0 Å². The van der Waals surface area contributed by atoms with E-state index in [1.54, 1.807) is 0 Å². The van der Waals surface area contributed by atoms with E-state index < -0.39 is 12.0 Å². The summed E-state index contributed by atoms with van der Waals surface area (Å²) in [6, 6.07) is -0.816. The van der Waals surface area contributed by atoms with E-state index >= 15 is 0 Å². The summed E-state index contributed by atoms with van der Waals surface area (Å²) in [5.41, 5.74) is 4.94. The lowest BCUT2D eigenvalue weighted by molar-refractivity contribution is -0.137. The SMILES string of the molecule is C=CN1C=CN(CC)C1.NC(CS)C(=O)O. The number of nitrogens with two attached hydrogens (primary N) is 1. The van der Waals surface area contributed by atoms with Crippen molar-refractivity contribution >= 4 is 18.6 Å². The largest absolute Gasteiger partial charge is 0.480 e. The van der Waals surface area contributed by atoms with Crippen LogP contribution in [0.5, 0.6) is 0 Å². The van der Waals surface area contributed by atoms with Crippen LogP contribution >= 0.6 is 12.6 Å². The van der Waals surface area contributed by atoms with Crippen LogP contribution in [0.3, 0.4) is 0 Å². The standard InChI is InChI=1S/C7H12N2.C3H7NO2S/c1-3-8-5-6-9(4-2)7-8;4-2(1-7)3(5)6/h3,5-6H,1,4,7H2,2H3;2,7H,1,4H2,(H,5,6). The molecule has 0 saturated carbocycles. The Balaban J connectivity index is 0.000000293. The van der Waals surface area contributed by atoms with Crippen LogP contribution in [0.25, 0.3) is 0 Å². The molecular formula is C10H19N3O2S. The van der Waals surface area contributed by atoms with Crippen LogP contribution in [0.1, 0.15) is 6.92 Å². The van der Waals surface area contributed by atoms with Crippen molar-refractivity contribution in [2.75, 3.05) is 19.0 Å². The minimum Gasteiger partial charge on any atom is -0.480 e. The van der Waals surface area contributed by atoms with Gasteiger partial charge in [0.1, 0.15) is 6.04 Å². The van der Waals surface area contributed by atoms with E-state index in [1.807, 2.05) is 17.3 Å². The third-order valence-electron chi connectivity index (χ3n) is 1.97. The van der Waals surface area contributed by atoms with Gasteiger partial charge in [0.15, 0.2) is 0 Å². The molecule has 0 aromatic heterocycles. The van der Waals surface area contributed by atoms with Crippen LogP contribution in [-0.2, 0) is 4.79 Å². The van der Waals surface area contributed by atoms with E-state index in [4.69, 9.17) is 10.8 Å². The van der Waals surface area contributed by atoms with Gasteiger partial charge in [0.05, 0.1) is 6.67 Å². The Morgan fingerprint density at radius 3 is 2.56 bits per heavy atom. The van der Waals surface area contributed by atoms with Crippen molar-refractivity contribution in [1.82, 2.24) is 9.80 Å². The Morgan fingerprint density at radius 1 is 1.75 bits per heavy atom. The van der Waals surface area contributed by atoms with Crippen LogP contribution in [0.15, 0.2) is 25.2 Å². The zero-order valence-corrected chi connectivity index (χ0v) is 10.3. The molecule has 1 unspecified atom stereocenters. The van der Waals surface area contributed by atoms with Gasteiger partial charge in [-0.3, -0.25) is 4.79 Å². The highest BCUT2D eigenvalue weighted by Gasteiger charge is 2.06. The molecule has 0 amide bonds. The monoisotopic (exact) mass is 245 g/mol. The first-order valence-corrected chi connectivity index (χ1v) is 5.58. The van der Waals surface area contributed by atoms with Crippen LogP contribution in [-0.4, -0.2) is 45.9 Å². The van der Waals surface area contributed by atoms with Crippen LogP contribution in [0.2, 0.25) is 0 Å². The number of aliphatic carboxylic acids is 1. The molecule has 1 atom stereocenters. The smallest absolute Gasteiger partial charge is 0.321 e. The van der Waals surface area contributed by atoms with Crippen molar-refractivity contribution in [1.29, 1.82) is 0 Å². The highest BCUT2D eigenvalue weighted by molar-refractivity contribution is 7.80. The second-order valence-electron chi connectivity index (χ2n) is 3.17. The summed E-state index contributed by atoms with van der Waals surface area (Å²) in [5.74, 6) is -0.815. The molecule has 0 aliphatic carbocycles. The molecule has 1 rings (SSSR count). The normalized spacial score (nSPS) is 15.4. The predicted octanol–water partition coefficient (Wildman–Crippen LogP) is 0.524. The maximum Gasteiger partial charge on any atom is 0.321 e. The average molecular weight is 245 g/mol. The summed E-state index contributed by atoms with van der Waals surface area (Å²) < 4.78 is 0. The Hall–Kier alpha value is -1.14. The van der Waals surface area contributed by atoms with Gasteiger partial charge in [0.2, 0.25) is 0 Å². The summed E-state index contributed by atoms with van der Waals surface area (Å²) in [7, 11) is 0. The molecule has 1 aliphatic rings. The lowest BCUT2D eigenvalue weighted by Crippen LogP contribution is -2.31. The van der Waals surface area contributed by atoms with Crippen molar-refractivity contribution in [2.24, 2.45) is 5.73 Å². The first-order valence-electron chi connectivity index (χ1n) is 4.95. The molecule has 0 spiro atoms. The van der Waals surface area contributed by atoms with Crippen molar-refractivity contribution in [3.05, 3.63) is 25.2 Å². The first kappa shape index (κ1) is 14.9. The predicted molar refractivity (Wildman–Crippen MR) is 67.9 cm³/mol. The first-order chi connectivity index (χ1) is 7.54. The van der Waals surface area contributed by atoms with Crippen LogP contribution in [0.4, 0.5) is 0 Å². The molecule has 0 bridgehead atoms. The van der Waals surface area contributed by atoms with E-state index in [0.29, 0.717) is 0 Å². The quantitative estimate of drug-likeness (QED) is 0.630. The van der Waals surface area contributed by atoms with Gasteiger partial charge < -0.3 is 20.6 Å². The number of hydrogen-bond acceptors (Lipinski definition) is 5. The molecule has 3 N–H and O–H groups in total. The third-order valence-corrected chi connectivity index (χ3v) is 2.36.